The average Bonchev–Trinajstić information content (AvgIpc) is 2.29. The Kier molecular flexibility index (Phi) is 8.14. The van der Waals surface area contributed by atoms with Crippen LogP contribution >= 0.6 is 40.4 Å². The normalized spacial score (nSPS) is 13.6. The van der Waals surface area contributed by atoms with E-state index in [9.17, 15) is 9.36 Å². The van der Waals surface area contributed by atoms with E-state index in [1.54, 1.807) is 6.92 Å². The summed E-state index contributed by atoms with van der Waals surface area (Å²) >= 11 is 7.13. The molecular weight excluding hydrogens is 289 g/mol. The molecule has 0 aromatic heterocycles. The van der Waals surface area contributed by atoms with Gasteiger partial charge in [0.05, 0.1) is 0 Å². The van der Waals surface area contributed by atoms with Crippen LogP contribution in [0.1, 0.15) is 26.7 Å². The highest BCUT2D eigenvalue weighted by molar-refractivity contribution is 8.89. The Labute approximate surface area is 109 Å². The van der Waals surface area contributed by atoms with Crippen LogP contribution in [0.4, 0.5) is 0 Å². The van der Waals surface area contributed by atoms with Gasteiger partial charge < -0.3 is 0 Å². The minimum absolute atomic E-state index is 0.275. The quantitative estimate of drug-likeness (QED) is 0.427. The van der Waals surface area contributed by atoms with Crippen molar-refractivity contribution in [1.29, 1.82) is 0 Å². The molecule has 0 aliphatic rings. The maximum Gasteiger partial charge on any atom is 0.310 e. The van der Waals surface area contributed by atoms with Crippen molar-refractivity contribution < 1.29 is 9.36 Å². The first-order chi connectivity index (χ1) is 7.46. The summed E-state index contributed by atoms with van der Waals surface area (Å²) in [7, 11) is 0. The summed E-state index contributed by atoms with van der Waals surface area (Å²) in [6.45, 7) is 3.91. The molecule has 0 radical (unpaired) electrons. The minimum atomic E-state index is -3.14. The lowest BCUT2D eigenvalue weighted by Crippen LogP contribution is -2.33. The van der Waals surface area contributed by atoms with E-state index in [1.165, 1.54) is 4.67 Å². The fourth-order valence-electron chi connectivity index (χ4n) is 1.13. The molecule has 0 aliphatic heterocycles. The van der Waals surface area contributed by atoms with Gasteiger partial charge in [-0.25, -0.2) is 0 Å². The summed E-state index contributed by atoms with van der Waals surface area (Å²) in [5, 5.41) is 9.97. The van der Waals surface area contributed by atoms with Gasteiger partial charge >= 0.3 is 5.70 Å². The van der Waals surface area contributed by atoms with Gasteiger partial charge in [-0.2, -0.15) is 0 Å². The Morgan fingerprint density at radius 3 is 2.25 bits per heavy atom. The molecule has 0 aliphatic carbocycles. The molecule has 16 heavy (non-hydrogen) atoms. The number of alkyl halides is 1. The molecule has 0 heterocycles. The summed E-state index contributed by atoms with van der Waals surface area (Å²) in [4.78, 5) is 11.9. The molecule has 1 unspecified atom stereocenters. The lowest BCUT2D eigenvalue weighted by Gasteiger charge is -2.28. The van der Waals surface area contributed by atoms with E-state index >= 15 is 0 Å². The van der Waals surface area contributed by atoms with E-state index in [0.29, 0.717) is 29.6 Å². The summed E-state index contributed by atoms with van der Waals surface area (Å²) in [6, 6.07) is 0. The van der Waals surface area contributed by atoms with Gasteiger partial charge in [0.15, 0.2) is 0 Å². The van der Waals surface area contributed by atoms with E-state index in [1.807, 2.05) is 6.92 Å². The third kappa shape index (κ3) is 4.13. The number of hydrogen-bond donors (Lipinski definition) is 2. The smallest absolute Gasteiger partial charge is 0.274 e. The second-order valence-electron chi connectivity index (χ2n) is 2.99. The maximum absolute atomic E-state index is 12.2. The predicted octanol–water partition coefficient (Wildman–Crippen LogP) is 2.56. The Hall–Kier alpha value is 0.610. The van der Waals surface area contributed by atoms with Gasteiger partial charge in [-0.3, -0.25) is 24.3 Å². The van der Waals surface area contributed by atoms with Crippen molar-refractivity contribution in [2.24, 2.45) is 10.3 Å². The van der Waals surface area contributed by atoms with Crippen LogP contribution in [0.25, 0.3) is 0 Å². The van der Waals surface area contributed by atoms with Gasteiger partial charge in [-0.15, -0.1) is 11.6 Å². The standard InChI is InChI=1S/C7H17ClN3O2PS2/c1-3-5-6(8)7(12)11(4-2)14(13,15-9)16-10/h6H,3-5,9-10H2,1-2H3. The zero-order valence-corrected chi connectivity index (χ0v) is 12.5. The predicted molar refractivity (Wildman–Crippen MR) is 73.1 cm³/mol. The first-order valence-corrected chi connectivity index (χ1v) is 9.86. The van der Waals surface area contributed by atoms with Crippen LogP contribution in [0.15, 0.2) is 0 Å². The molecule has 0 saturated heterocycles. The molecule has 0 rings (SSSR count). The fourth-order valence-corrected chi connectivity index (χ4v) is 4.99. The van der Waals surface area contributed by atoms with Crippen LogP contribution in [-0.2, 0) is 9.36 Å². The van der Waals surface area contributed by atoms with Crippen molar-refractivity contribution in [2.45, 2.75) is 32.1 Å². The van der Waals surface area contributed by atoms with Crippen molar-refractivity contribution >= 4 is 46.3 Å². The molecule has 0 saturated carbocycles. The molecule has 5 nitrogen and oxygen atoms in total. The molecule has 9 heteroatoms. The van der Waals surface area contributed by atoms with E-state index in [4.69, 9.17) is 21.9 Å². The van der Waals surface area contributed by atoms with Crippen LogP contribution in [-0.4, -0.2) is 22.5 Å². The minimum Gasteiger partial charge on any atom is -0.274 e. The number of halogens is 1. The molecule has 0 fully saturated rings. The molecule has 0 bridgehead atoms. The zero-order valence-electron chi connectivity index (χ0n) is 9.26. The van der Waals surface area contributed by atoms with E-state index in [2.05, 4.69) is 0 Å². The highest BCUT2D eigenvalue weighted by atomic mass is 35.5. The number of nitrogens with zero attached hydrogens (tertiary/aromatic N) is 1. The van der Waals surface area contributed by atoms with Crippen molar-refractivity contribution in [3.8, 4) is 0 Å². The van der Waals surface area contributed by atoms with Crippen LogP contribution in [0.2, 0.25) is 0 Å². The summed E-state index contributed by atoms with van der Waals surface area (Å²) in [6.07, 6.45) is 1.33. The first-order valence-electron chi connectivity index (χ1n) is 4.79. The number of hydrogen-bond acceptors (Lipinski definition) is 6. The van der Waals surface area contributed by atoms with Crippen molar-refractivity contribution in [2.75, 3.05) is 6.54 Å². The molecule has 0 aromatic rings. The third-order valence-electron chi connectivity index (χ3n) is 1.93. The molecular formula is C7H17ClN3O2PS2. The molecule has 96 valence electrons. The van der Waals surface area contributed by atoms with Crippen molar-refractivity contribution in [3.05, 3.63) is 0 Å². The van der Waals surface area contributed by atoms with Crippen LogP contribution in [0.5, 0.6) is 0 Å². The van der Waals surface area contributed by atoms with Gasteiger partial charge in [-0.1, -0.05) is 13.3 Å². The second-order valence-corrected chi connectivity index (χ2v) is 10.3. The first kappa shape index (κ1) is 16.6. The molecule has 4 N–H and O–H groups in total. The van der Waals surface area contributed by atoms with Crippen LogP contribution in [0.3, 0.4) is 0 Å². The van der Waals surface area contributed by atoms with E-state index in [0.717, 1.165) is 6.42 Å². The molecule has 0 aromatic carbocycles. The van der Waals surface area contributed by atoms with Gasteiger partial charge in [0.1, 0.15) is 5.38 Å². The highest BCUT2D eigenvalue weighted by Crippen LogP contribution is 2.67. The number of carbonyl (C=O) groups excluding carboxylic acids is 1. The Morgan fingerprint density at radius 2 is 1.94 bits per heavy atom. The highest BCUT2D eigenvalue weighted by Gasteiger charge is 2.36. The molecule has 1 amide bonds. The fraction of sp³-hybridized carbons (Fsp3) is 0.857. The Bertz CT molecular complexity index is 274. The number of nitrogens with two attached hydrogens (primary N) is 2. The Morgan fingerprint density at radius 1 is 1.44 bits per heavy atom. The van der Waals surface area contributed by atoms with E-state index < -0.39 is 11.1 Å². The maximum atomic E-state index is 12.2. The van der Waals surface area contributed by atoms with Gasteiger partial charge in [-0.05, 0) is 13.3 Å². The van der Waals surface area contributed by atoms with Gasteiger partial charge in [0, 0.05) is 29.7 Å². The number of rotatable bonds is 7. The number of amides is 1. The number of carbonyl (C=O) groups is 1. The second kappa shape index (κ2) is 7.84. The largest absolute Gasteiger partial charge is 0.310 e. The van der Waals surface area contributed by atoms with Gasteiger partial charge in [0.25, 0.3) is 0 Å². The van der Waals surface area contributed by atoms with E-state index in [-0.39, 0.29) is 12.5 Å². The lowest BCUT2D eigenvalue weighted by molar-refractivity contribution is -0.126. The summed E-state index contributed by atoms with van der Waals surface area (Å²) in [5.41, 5.74) is -3.14. The summed E-state index contributed by atoms with van der Waals surface area (Å²) in [5.74, 6) is -0.370. The van der Waals surface area contributed by atoms with Crippen molar-refractivity contribution in [3.63, 3.8) is 0 Å². The topological polar surface area (TPSA) is 89.4 Å². The van der Waals surface area contributed by atoms with Gasteiger partial charge in [0.2, 0.25) is 5.91 Å². The zero-order chi connectivity index (χ0) is 12.8. The Balaban J connectivity index is 4.85. The summed E-state index contributed by atoms with van der Waals surface area (Å²) < 4.78 is 13.3. The molecule has 1 atom stereocenters. The lowest BCUT2D eigenvalue weighted by atomic mass is 10.2. The molecule has 0 spiro atoms. The average molecular weight is 306 g/mol. The van der Waals surface area contributed by atoms with Crippen LogP contribution < -0.4 is 10.3 Å². The monoisotopic (exact) mass is 305 g/mol. The SMILES string of the molecule is CCCC(Cl)C(=O)N(CC)P(=O)(SN)SN. The van der Waals surface area contributed by atoms with Crippen molar-refractivity contribution in [1.82, 2.24) is 4.67 Å². The third-order valence-corrected chi connectivity index (χ3v) is 8.27. The van der Waals surface area contributed by atoms with Crippen LogP contribution in [0, 0.1) is 0 Å².